The Kier molecular flexibility index (Phi) is 8.41. The van der Waals surface area contributed by atoms with Crippen LogP contribution in [0.3, 0.4) is 0 Å². The number of aliphatic hydroxyl groups excluding tert-OH is 1. The highest BCUT2D eigenvalue weighted by molar-refractivity contribution is 7.89. The van der Waals surface area contributed by atoms with Crippen molar-refractivity contribution in [2.75, 3.05) is 32.8 Å². The Balaban J connectivity index is 1.48. The molecule has 2 aliphatic heterocycles. The number of nitrogens with zero attached hydrogens (tertiary/aromatic N) is 1. The summed E-state index contributed by atoms with van der Waals surface area (Å²) in [5.41, 5.74) is 0. The third kappa shape index (κ3) is 6.61. The van der Waals surface area contributed by atoms with Gasteiger partial charge in [0.15, 0.2) is 0 Å². The first-order valence-electron chi connectivity index (χ1n) is 10.5. The molecule has 1 amide bonds. The van der Waals surface area contributed by atoms with Gasteiger partial charge < -0.3 is 20.1 Å². The van der Waals surface area contributed by atoms with Gasteiger partial charge in [0.25, 0.3) is 0 Å². The number of ether oxygens (including phenoxy) is 1. The molecular weight excluding hydrogens is 406 g/mol. The Hall–Kier alpha value is -1.78. The van der Waals surface area contributed by atoms with Gasteiger partial charge in [-0.05, 0) is 38.1 Å². The third-order valence-electron chi connectivity index (χ3n) is 5.39. The molecule has 2 heterocycles. The van der Waals surface area contributed by atoms with Crippen LogP contribution >= 0.6 is 0 Å². The molecule has 8 nitrogen and oxygen atoms in total. The summed E-state index contributed by atoms with van der Waals surface area (Å²) in [6.45, 7) is 3.25. The second-order valence-corrected chi connectivity index (χ2v) is 9.41. The van der Waals surface area contributed by atoms with Crippen molar-refractivity contribution < 1.29 is 23.1 Å². The molecule has 0 aromatic heterocycles. The zero-order chi connectivity index (χ0) is 21.4. The Labute approximate surface area is 178 Å². The van der Waals surface area contributed by atoms with E-state index in [9.17, 15) is 18.3 Å². The summed E-state index contributed by atoms with van der Waals surface area (Å²) < 4.78 is 33.4. The summed E-state index contributed by atoms with van der Waals surface area (Å²) >= 11 is 0. The average Bonchev–Trinajstić information content (AvgIpc) is 2.76. The molecule has 0 bridgehead atoms. The van der Waals surface area contributed by atoms with Gasteiger partial charge in [0.05, 0.1) is 30.1 Å². The number of rotatable bonds is 9. The van der Waals surface area contributed by atoms with Gasteiger partial charge >= 0.3 is 0 Å². The number of sulfonamides is 1. The summed E-state index contributed by atoms with van der Waals surface area (Å²) in [6, 6.07) is 7.32. The van der Waals surface area contributed by atoms with Crippen molar-refractivity contribution in [3.8, 4) is 0 Å². The van der Waals surface area contributed by atoms with Gasteiger partial charge in [-0.2, -0.15) is 0 Å². The maximum Gasteiger partial charge on any atom is 0.241 e. The van der Waals surface area contributed by atoms with Crippen LogP contribution in [0.25, 0.3) is 0 Å². The fourth-order valence-electron chi connectivity index (χ4n) is 3.75. The normalized spacial score (nSPS) is 25.2. The van der Waals surface area contributed by atoms with Gasteiger partial charge in [-0.3, -0.25) is 4.79 Å². The predicted molar refractivity (Wildman–Crippen MR) is 113 cm³/mol. The van der Waals surface area contributed by atoms with E-state index in [0.717, 1.165) is 19.6 Å². The van der Waals surface area contributed by atoms with Gasteiger partial charge in [-0.25, -0.2) is 13.1 Å². The summed E-state index contributed by atoms with van der Waals surface area (Å²) in [7, 11) is -3.74. The average molecular weight is 438 g/mol. The first-order chi connectivity index (χ1) is 14.5. The zero-order valence-corrected chi connectivity index (χ0v) is 17.9. The van der Waals surface area contributed by atoms with Crippen molar-refractivity contribution in [3.63, 3.8) is 0 Å². The molecule has 1 fully saturated rings. The molecule has 30 heavy (non-hydrogen) atoms. The largest absolute Gasteiger partial charge is 0.394 e. The number of hydrogen-bond acceptors (Lipinski definition) is 6. The maximum absolute atomic E-state index is 12.5. The number of nitrogens with one attached hydrogen (secondary N) is 2. The lowest BCUT2D eigenvalue weighted by molar-refractivity contribution is -0.125. The molecule has 0 spiro atoms. The number of hydrogen-bond donors (Lipinski definition) is 3. The van der Waals surface area contributed by atoms with E-state index in [1.54, 1.807) is 30.4 Å². The summed E-state index contributed by atoms with van der Waals surface area (Å²) in [6.07, 6.45) is 5.90. The number of carbonyl (C=O) groups excluding carboxylic acids is 1. The van der Waals surface area contributed by atoms with Gasteiger partial charge in [-0.1, -0.05) is 36.8 Å². The van der Waals surface area contributed by atoms with Crippen molar-refractivity contribution in [1.29, 1.82) is 0 Å². The van der Waals surface area contributed by atoms with Gasteiger partial charge in [-0.15, -0.1) is 0 Å². The van der Waals surface area contributed by atoms with Crippen LogP contribution in [0.5, 0.6) is 0 Å². The van der Waals surface area contributed by atoms with Crippen LogP contribution in [0.1, 0.15) is 25.7 Å². The van der Waals surface area contributed by atoms with Gasteiger partial charge in [0, 0.05) is 13.1 Å². The minimum Gasteiger partial charge on any atom is -0.394 e. The molecule has 1 aromatic rings. The number of aliphatic hydroxyl groups is 1. The SMILES string of the molecule is O=C(C[C@@H]1C=C[C@@H](NS(=O)(=O)c2ccccc2)[C@@H](CO)O1)NCCN1CCCCC1. The van der Waals surface area contributed by atoms with Gasteiger partial charge in [0.1, 0.15) is 6.10 Å². The molecule has 0 saturated carbocycles. The van der Waals surface area contributed by atoms with Crippen molar-refractivity contribution in [2.45, 2.75) is 48.8 Å². The highest BCUT2D eigenvalue weighted by Crippen LogP contribution is 2.18. The highest BCUT2D eigenvalue weighted by atomic mass is 32.2. The Bertz CT molecular complexity index is 809. The molecule has 166 valence electrons. The lowest BCUT2D eigenvalue weighted by Gasteiger charge is -2.31. The van der Waals surface area contributed by atoms with Crippen LogP contribution in [0.2, 0.25) is 0 Å². The quantitative estimate of drug-likeness (QED) is 0.490. The summed E-state index contributed by atoms with van der Waals surface area (Å²) in [4.78, 5) is 14.7. The fraction of sp³-hybridized carbons (Fsp3) is 0.571. The molecule has 1 aromatic carbocycles. The van der Waals surface area contributed by atoms with Crippen molar-refractivity contribution >= 4 is 15.9 Å². The molecule has 0 aliphatic carbocycles. The fourth-order valence-corrected chi connectivity index (χ4v) is 4.99. The lowest BCUT2D eigenvalue weighted by atomic mass is 10.1. The molecule has 2 aliphatic rings. The lowest BCUT2D eigenvalue weighted by Crippen LogP contribution is -2.49. The molecule has 1 saturated heterocycles. The van der Waals surface area contributed by atoms with E-state index in [-0.39, 0.29) is 23.8 Å². The standard InChI is InChI=1S/C21H31N3O5S/c25-16-20-19(23-30(27,28)18-7-3-1-4-8-18)10-9-17(29-20)15-21(26)22-11-14-24-12-5-2-6-13-24/h1,3-4,7-10,17,19-20,23,25H,2,5-6,11-16H2,(H,22,26)/t17-,19+,20+/m0/s1. The number of benzene rings is 1. The molecule has 9 heteroatoms. The maximum atomic E-state index is 12.5. The van der Waals surface area contributed by atoms with Crippen LogP contribution < -0.4 is 10.0 Å². The molecule has 3 rings (SSSR count). The first kappa shape index (κ1) is 22.9. The highest BCUT2D eigenvalue weighted by Gasteiger charge is 2.31. The summed E-state index contributed by atoms with van der Waals surface area (Å²) in [5.74, 6) is -0.123. The van der Waals surface area contributed by atoms with Crippen molar-refractivity contribution in [1.82, 2.24) is 14.9 Å². The number of likely N-dealkylation sites (tertiary alicyclic amines) is 1. The second kappa shape index (κ2) is 11.0. The second-order valence-electron chi connectivity index (χ2n) is 7.70. The van der Waals surface area contributed by atoms with E-state index in [1.807, 2.05) is 0 Å². The number of amides is 1. The minimum absolute atomic E-state index is 0.123. The third-order valence-corrected chi connectivity index (χ3v) is 6.87. The Morgan fingerprint density at radius 1 is 1.13 bits per heavy atom. The number of carbonyl (C=O) groups is 1. The van der Waals surface area contributed by atoms with E-state index in [1.165, 1.54) is 31.4 Å². The number of piperidine rings is 1. The van der Waals surface area contributed by atoms with Crippen LogP contribution in [0.4, 0.5) is 0 Å². The minimum atomic E-state index is -3.74. The van der Waals surface area contributed by atoms with E-state index in [2.05, 4.69) is 14.9 Å². The Morgan fingerprint density at radius 2 is 1.87 bits per heavy atom. The monoisotopic (exact) mass is 437 g/mol. The van der Waals surface area contributed by atoms with E-state index >= 15 is 0 Å². The molecular formula is C21H31N3O5S. The van der Waals surface area contributed by atoms with Gasteiger partial charge in [0.2, 0.25) is 15.9 Å². The zero-order valence-electron chi connectivity index (χ0n) is 17.1. The van der Waals surface area contributed by atoms with Crippen molar-refractivity contribution in [2.24, 2.45) is 0 Å². The first-order valence-corrected chi connectivity index (χ1v) is 12.0. The molecule has 3 atom stereocenters. The topological polar surface area (TPSA) is 108 Å². The Morgan fingerprint density at radius 3 is 2.57 bits per heavy atom. The van der Waals surface area contributed by atoms with E-state index in [0.29, 0.717) is 6.54 Å². The smallest absolute Gasteiger partial charge is 0.241 e. The van der Waals surface area contributed by atoms with Crippen LogP contribution in [0.15, 0.2) is 47.4 Å². The van der Waals surface area contributed by atoms with Crippen LogP contribution in [-0.4, -0.2) is 75.4 Å². The van der Waals surface area contributed by atoms with E-state index in [4.69, 9.17) is 4.74 Å². The van der Waals surface area contributed by atoms with Crippen LogP contribution in [-0.2, 0) is 19.6 Å². The molecule has 0 radical (unpaired) electrons. The van der Waals surface area contributed by atoms with Crippen molar-refractivity contribution in [3.05, 3.63) is 42.5 Å². The van der Waals surface area contributed by atoms with E-state index < -0.39 is 28.3 Å². The molecule has 3 N–H and O–H groups in total. The summed E-state index contributed by atoms with van der Waals surface area (Å²) in [5, 5.41) is 12.6. The van der Waals surface area contributed by atoms with Crippen LogP contribution in [0, 0.1) is 0 Å². The predicted octanol–water partition coefficient (Wildman–Crippen LogP) is 0.642. The molecule has 0 unspecified atom stereocenters.